The van der Waals surface area contributed by atoms with Crippen LogP contribution in [0.1, 0.15) is 44.9 Å². The summed E-state index contributed by atoms with van der Waals surface area (Å²) in [5, 5.41) is 2.96. The molecule has 19 heavy (non-hydrogen) atoms. The molecular formula is C14H26N2O2S. The van der Waals surface area contributed by atoms with E-state index in [0.717, 1.165) is 44.9 Å². The molecule has 0 bridgehead atoms. The summed E-state index contributed by atoms with van der Waals surface area (Å²) in [4.78, 5) is 24.1. The molecule has 5 heteroatoms. The SMILES string of the molecule is CSCC(=O)C(CCCCN)NC(=O)C1CCCC1. The summed E-state index contributed by atoms with van der Waals surface area (Å²) >= 11 is 1.51. The van der Waals surface area contributed by atoms with Gasteiger partial charge in [0.1, 0.15) is 0 Å². The molecule has 1 fully saturated rings. The molecule has 3 N–H and O–H groups in total. The van der Waals surface area contributed by atoms with E-state index >= 15 is 0 Å². The highest BCUT2D eigenvalue weighted by Crippen LogP contribution is 2.25. The Balaban J connectivity index is 2.46. The van der Waals surface area contributed by atoms with Crippen molar-refractivity contribution in [2.24, 2.45) is 11.7 Å². The molecule has 0 aliphatic heterocycles. The van der Waals surface area contributed by atoms with Crippen molar-refractivity contribution in [3.05, 3.63) is 0 Å². The van der Waals surface area contributed by atoms with Crippen molar-refractivity contribution < 1.29 is 9.59 Å². The molecule has 0 aromatic carbocycles. The van der Waals surface area contributed by atoms with Gasteiger partial charge in [-0.3, -0.25) is 9.59 Å². The molecular weight excluding hydrogens is 260 g/mol. The molecule has 1 saturated carbocycles. The number of hydrogen-bond acceptors (Lipinski definition) is 4. The van der Waals surface area contributed by atoms with Crippen molar-refractivity contribution in [3.8, 4) is 0 Å². The Hall–Kier alpha value is -0.550. The Bertz CT molecular complexity index is 291. The van der Waals surface area contributed by atoms with Gasteiger partial charge in [0, 0.05) is 5.92 Å². The minimum absolute atomic E-state index is 0.0738. The van der Waals surface area contributed by atoms with E-state index in [9.17, 15) is 9.59 Å². The number of thioether (sulfide) groups is 1. The molecule has 0 aromatic heterocycles. The smallest absolute Gasteiger partial charge is 0.223 e. The number of carbonyl (C=O) groups is 2. The number of ketones is 1. The lowest BCUT2D eigenvalue weighted by atomic mass is 10.0. The molecule has 4 nitrogen and oxygen atoms in total. The van der Waals surface area contributed by atoms with E-state index in [1.165, 1.54) is 11.8 Å². The topological polar surface area (TPSA) is 72.2 Å². The second-order valence-corrected chi connectivity index (χ2v) is 6.09. The van der Waals surface area contributed by atoms with Gasteiger partial charge in [0.2, 0.25) is 5.91 Å². The summed E-state index contributed by atoms with van der Waals surface area (Å²) in [5.74, 6) is 0.803. The van der Waals surface area contributed by atoms with Crippen molar-refractivity contribution in [1.29, 1.82) is 0 Å². The van der Waals surface area contributed by atoms with Gasteiger partial charge in [-0.05, 0) is 44.9 Å². The predicted octanol–water partition coefficient (Wildman–Crippen LogP) is 1.72. The fraction of sp³-hybridized carbons (Fsp3) is 0.857. The Kier molecular flexibility index (Phi) is 8.14. The summed E-state index contributed by atoms with van der Waals surface area (Å²) in [6.07, 6.45) is 8.64. The van der Waals surface area contributed by atoms with Crippen molar-refractivity contribution in [2.45, 2.75) is 51.0 Å². The first-order chi connectivity index (χ1) is 9.19. The Labute approximate surface area is 120 Å². The highest BCUT2D eigenvalue weighted by atomic mass is 32.2. The molecule has 1 aliphatic carbocycles. The first-order valence-electron chi connectivity index (χ1n) is 7.21. The monoisotopic (exact) mass is 286 g/mol. The fourth-order valence-electron chi connectivity index (χ4n) is 2.53. The van der Waals surface area contributed by atoms with Gasteiger partial charge in [-0.25, -0.2) is 0 Å². The van der Waals surface area contributed by atoms with Gasteiger partial charge >= 0.3 is 0 Å². The maximum atomic E-state index is 12.1. The lowest BCUT2D eigenvalue weighted by Crippen LogP contribution is -2.44. The third kappa shape index (κ3) is 5.95. The van der Waals surface area contributed by atoms with Crippen LogP contribution in [0.25, 0.3) is 0 Å². The van der Waals surface area contributed by atoms with Crippen LogP contribution in [-0.4, -0.2) is 36.3 Å². The van der Waals surface area contributed by atoms with E-state index < -0.39 is 0 Å². The minimum Gasteiger partial charge on any atom is -0.346 e. The number of hydrogen-bond donors (Lipinski definition) is 2. The van der Waals surface area contributed by atoms with Crippen molar-refractivity contribution in [3.63, 3.8) is 0 Å². The predicted molar refractivity (Wildman–Crippen MR) is 80.2 cm³/mol. The number of nitrogens with one attached hydrogen (secondary N) is 1. The lowest BCUT2D eigenvalue weighted by Gasteiger charge is -2.19. The van der Waals surface area contributed by atoms with Crippen LogP contribution in [0.15, 0.2) is 0 Å². The van der Waals surface area contributed by atoms with Crippen LogP contribution in [-0.2, 0) is 9.59 Å². The van der Waals surface area contributed by atoms with Gasteiger partial charge in [-0.15, -0.1) is 0 Å². The Morgan fingerprint density at radius 3 is 2.58 bits per heavy atom. The van der Waals surface area contributed by atoms with Gasteiger partial charge in [-0.1, -0.05) is 12.8 Å². The molecule has 1 unspecified atom stereocenters. The number of rotatable bonds is 9. The first-order valence-corrected chi connectivity index (χ1v) is 8.60. The first kappa shape index (κ1) is 16.5. The highest BCUT2D eigenvalue weighted by Gasteiger charge is 2.26. The summed E-state index contributed by atoms with van der Waals surface area (Å²) in [6, 6.07) is -0.313. The van der Waals surface area contributed by atoms with E-state index in [2.05, 4.69) is 5.32 Å². The maximum Gasteiger partial charge on any atom is 0.223 e. The average Bonchev–Trinajstić information content (AvgIpc) is 2.92. The van der Waals surface area contributed by atoms with E-state index in [1.807, 2.05) is 6.26 Å². The minimum atomic E-state index is -0.313. The maximum absolute atomic E-state index is 12.1. The molecule has 0 aromatic rings. The van der Waals surface area contributed by atoms with Crippen LogP contribution in [0.5, 0.6) is 0 Å². The third-order valence-electron chi connectivity index (χ3n) is 3.66. The average molecular weight is 286 g/mol. The second kappa shape index (κ2) is 9.37. The summed E-state index contributed by atoms with van der Waals surface area (Å²) in [7, 11) is 0. The van der Waals surface area contributed by atoms with Crippen LogP contribution in [0, 0.1) is 5.92 Å². The normalized spacial score (nSPS) is 17.4. The van der Waals surface area contributed by atoms with Crippen LogP contribution in [0.2, 0.25) is 0 Å². The highest BCUT2D eigenvalue weighted by molar-refractivity contribution is 7.99. The molecule has 0 saturated heterocycles. The number of nitrogens with two attached hydrogens (primary N) is 1. The van der Waals surface area contributed by atoms with E-state index in [-0.39, 0.29) is 23.7 Å². The number of Topliss-reactive ketones (excluding diaryl/α,β-unsaturated/α-hetero) is 1. The molecule has 1 rings (SSSR count). The zero-order valence-corrected chi connectivity index (χ0v) is 12.6. The molecule has 1 atom stereocenters. The van der Waals surface area contributed by atoms with Crippen LogP contribution < -0.4 is 11.1 Å². The molecule has 0 heterocycles. The van der Waals surface area contributed by atoms with Gasteiger partial charge in [0.05, 0.1) is 11.8 Å². The lowest BCUT2D eigenvalue weighted by molar-refractivity contribution is -0.129. The van der Waals surface area contributed by atoms with Crippen LogP contribution in [0.3, 0.4) is 0 Å². The third-order valence-corrected chi connectivity index (χ3v) is 4.24. The molecule has 0 spiro atoms. The van der Waals surface area contributed by atoms with Crippen LogP contribution >= 0.6 is 11.8 Å². The number of unbranched alkanes of at least 4 members (excludes halogenated alkanes) is 1. The van der Waals surface area contributed by atoms with Gasteiger partial charge in [0.25, 0.3) is 0 Å². The zero-order chi connectivity index (χ0) is 14.1. The second-order valence-electron chi connectivity index (χ2n) is 5.23. The zero-order valence-electron chi connectivity index (χ0n) is 11.8. The quantitative estimate of drug-likeness (QED) is 0.633. The van der Waals surface area contributed by atoms with Crippen molar-refractivity contribution in [2.75, 3.05) is 18.6 Å². The van der Waals surface area contributed by atoms with E-state index in [4.69, 9.17) is 5.73 Å². The molecule has 1 amide bonds. The number of carbonyl (C=O) groups excluding carboxylic acids is 2. The van der Waals surface area contributed by atoms with E-state index in [0.29, 0.717) is 12.3 Å². The number of amides is 1. The molecule has 0 radical (unpaired) electrons. The summed E-state index contributed by atoms with van der Waals surface area (Å²) in [6.45, 7) is 0.639. The van der Waals surface area contributed by atoms with Crippen molar-refractivity contribution in [1.82, 2.24) is 5.32 Å². The standard InChI is InChI=1S/C14H26N2O2S/c1-19-10-13(17)12(8-4-5-9-15)16-14(18)11-6-2-3-7-11/h11-12H,2-10,15H2,1H3,(H,16,18). The van der Waals surface area contributed by atoms with Gasteiger partial charge in [0.15, 0.2) is 5.78 Å². The summed E-state index contributed by atoms with van der Waals surface area (Å²) in [5.41, 5.74) is 5.47. The Morgan fingerprint density at radius 1 is 1.32 bits per heavy atom. The summed E-state index contributed by atoms with van der Waals surface area (Å²) < 4.78 is 0. The Morgan fingerprint density at radius 2 is 2.00 bits per heavy atom. The molecule has 110 valence electrons. The van der Waals surface area contributed by atoms with E-state index in [1.54, 1.807) is 0 Å². The van der Waals surface area contributed by atoms with Crippen LogP contribution in [0.4, 0.5) is 0 Å². The van der Waals surface area contributed by atoms with Gasteiger partial charge in [-0.2, -0.15) is 11.8 Å². The molecule has 1 aliphatic rings. The largest absolute Gasteiger partial charge is 0.346 e. The van der Waals surface area contributed by atoms with Crippen molar-refractivity contribution >= 4 is 23.5 Å². The van der Waals surface area contributed by atoms with Gasteiger partial charge < -0.3 is 11.1 Å². The fourth-order valence-corrected chi connectivity index (χ4v) is 3.01.